The Hall–Kier alpha value is -1.91. The lowest BCUT2D eigenvalue weighted by Crippen LogP contribution is -2.35. The van der Waals surface area contributed by atoms with E-state index in [4.69, 9.17) is 9.47 Å². The van der Waals surface area contributed by atoms with E-state index in [1.54, 1.807) is 6.07 Å². The number of nitrogens with zero attached hydrogens (tertiary/aromatic N) is 1. The molecule has 3 nitrogen and oxygen atoms in total. The molecule has 0 bridgehead atoms. The third kappa shape index (κ3) is 4.06. The smallest absolute Gasteiger partial charge is 0.135 e. The molecular weight excluding hydrogens is 281 g/mol. The van der Waals surface area contributed by atoms with E-state index >= 15 is 0 Å². The number of benzene rings is 2. The summed E-state index contributed by atoms with van der Waals surface area (Å²) < 4.78 is 25.4. The topological polar surface area (TPSA) is 21.7 Å². The minimum Gasteiger partial charge on any atom is -0.487 e. The maximum Gasteiger partial charge on any atom is 0.135 e. The van der Waals surface area contributed by atoms with Crippen LogP contribution in [0.4, 0.5) is 4.39 Å². The molecule has 1 aliphatic rings. The Morgan fingerprint density at radius 3 is 2.68 bits per heavy atom. The summed E-state index contributed by atoms with van der Waals surface area (Å²) in [4.78, 5) is 2.18. The monoisotopic (exact) mass is 301 g/mol. The van der Waals surface area contributed by atoms with Crippen molar-refractivity contribution in [3.05, 3.63) is 66.0 Å². The number of para-hydroxylation sites is 1. The SMILES string of the molecule is Fc1ccccc1CN1CCOC[C@H](Oc2ccccc2)C1. The molecule has 3 rings (SSSR count). The van der Waals surface area contributed by atoms with E-state index in [-0.39, 0.29) is 11.9 Å². The van der Waals surface area contributed by atoms with Crippen LogP contribution in [0.3, 0.4) is 0 Å². The minimum atomic E-state index is -0.159. The largest absolute Gasteiger partial charge is 0.487 e. The fourth-order valence-electron chi connectivity index (χ4n) is 2.61. The Morgan fingerprint density at radius 1 is 1.09 bits per heavy atom. The zero-order chi connectivity index (χ0) is 15.2. The zero-order valence-electron chi connectivity index (χ0n) is 12.5. The normalized spacial score (nSPS) is 19.6. The van der Waals surface area contributed by atoms with Gasteiger partial charge in [0.1, 0.15) is 17.7 Å². The highest BCUT2D eigenvalue weighted by Crippen LogP contribution is 2.16. The summed E-state index contributed by atoms with van der Waals surface area (Å²) in [5.41, 5.74) is 0.711. The third-order valence-electron chi connectivity index (χ3n) is 3.72. The summed E-state index contributed by atoms with van der Waals surface area (Å²) in [5.74, 6) is 0.678. The molecule has 0 saturated carbocycles. The molecule has 2 aromatic rings. The molecule has 1 atom stereocenters. The summed E-state index contributed by atoms with van der Waals surface area (Å²) in [7, 11) is 0. The van der Waals surface area contributed by atoms with E-state index in [1.807, 2.05) is 42.5 Å². The summed E-state index contributed by atoms with van der Waals surface area (Å²) in [6.07, 6.45) is -0.0447. The van der Waals surface area contributed by atoms with Crippen molar-refractivity contribution in [1.82, 2.24) is 4.90 Å². The molecule has 1 aliphatic heterocycles. The Labute approximate surface area is 130 Å². The van der Waals surface area contributed by atoms with Crippen LogP contribution in [0.15, 0.2) is 54.6 Å². The van der Waals surface area contributed by atoms with Gasteiger partial charge >= 0.3 is 0 Å². The maximum absolute atomic E-state index is 13.8. The average Bonchev–Trinajstić information content (AvgIpc) is 2.76. The van der Waals surface area contributed by atoms with Crippen molar-refractivity contribution < 1.29 is 13.9 Å². The van der Waals surface area contributed by atoms with Crippen LogP contribution in [-0.4, -0.2) is 37.3 Å². The van der Waals surface area contributed by atoms with E-state index in [9.17, 15) is 4.39 Å². The molecule has 1 heterocycles. The Kier molecular flexibility index (Phi) is 5.03. The molecule has 1 saturated heterocycles. The molecule has 0 amide bonds. The van der Waals surface area contributed by atoms with Crippen molar-refractivity contribution in [2.24, 2.45) is 0 Å². The van der Waals surface area contributed by atoms with Crippen molar-refractivity contribution in [3.8, 4) is 5.75 Å². The molecule has 2 aromatic carbocycles. The van der Waals surface area contributed by atoms with Gasteiger partial charge in [-0.3, -0.25) is 4.90 Å². The van der Waals surface area contributed by atoms with Gasteiger partial charge in [-0.2, -0.15) is 0 Å². The molecule has 0 aliphatic carbocycles. The third-order valence-corrected chi connectivity index (χ3v) is 3.72. The lowest BCUT2D eigenvalue weighted by molar-refractivity contribution is 0.0710. The molecule has 4 heteroatoms. The number of ether oxygens (including phenoxy) is 2. The average molecular weight is 301 g/mol. The fourth-order valence-corrected chi connectivity index (χ4v) is 2.61. The van der Waals surface area contributed by atoms with Crippen LogP contribution in [0.1, 0.15) is 5.56 Å². The Bertz CT molecular complexity index is 591. The highest BCUT2D eigenvalue weighted by molar-refractivity contribution is 5.21. The standard InChI is InChI=1S/C18H20FNO2/c19-18-9-5-4-6-15(18)12-20-10-11-21-14-17(13-20)22-16-7-2-1-3-8-16/h1-9,17H,10-14H2/t17-/m1/s1. The first-order valence-corrected chi connectivity index (χ1v) is 7.56. The molecule has 0 aromatic heterocycles. The van der Waals surface area contributed by atoms with E-state index in [0.29, 0.717) is 25.3 Å². The predicted octanol–water partition coefficient (Wildman–Crippen LogP) is 3.11. The van der Waals surface area contributed by atoms with Gasteiger partial charge in [0, 0.05) is 25.2 Å². The molecule has 0 unspecified atom stereocenters. The molecule has 116 valence electrons. The van der Waals surface area contributed by atoms with Gasteiger partial charge in [-0.1, -0.05) is 36.4 Å². The number of halogens is 1. The minimum absolute atomic E-state index is 0.0447. The molecule has 0 radical (unpaired) electrons. The van der Waals surface area contributed by atoms with E-state index in [0.717, 1.165) is 18.8 Å². The first-order valence-electron chi connectivity index (χ1n) is 7.56. The van der Waals surface area contributed by atoms with Crippen molar-refractivity contribution in [2.45, 2.75) is 12.6 Å². The van der Waals surface area contributed by atoms with Crippen LogP contribution < -0.4 is 4.74 Å². The van der Waals surface area contributed by atoms with Gasteiger partial charge in [-0.15, -0.1) is 0 Å². The highest BCUT2D eigenvalue weighted by atomic mass is 19.1. The van der Waals surface area contributed by atoms with Gasteiger partial charge in [0.25, 0.3) is 0 Å². The molecule has 0 N–H and O–H groups in total. The zero-order valence-corrected chi connectivity index (χ0v) is 12.5. The lowest BCUT2D eigenvalue weighted by Gasteiger charge is -2.24. The van der Waals surface area contributed by atoms with Crippen LogP contribution in [-0.2, 0) is 11.3 Å². The van der Waals surface area contributed by atoms with Crippen LogP contribution >= 0.6 is 0 Å². The Morgan fingerprint density at radius 2 is 1.86 bits per heavy atom. The van der Waals surface area contributed by atoms with Gasteiger partial charge in [0.2, 0.25) is 0 Å². The number of hydrogen-bond donors (Lipinski definition) is 0. The van der Waals surface area contributed by atoms with Gasteiger partial charge in [0.15, 0.2) is 0 Å². The molecule has 0 spiro atoms. The maximum atomic E-state index is 13.8. The second-order valence-corrected chi connectivity index (χ2v) is 5.45. The quantitative estimate of drug-likeness (QED) is 0.866. The van der Waals surface area contributed by atoms with Crippen LogP contribution in [0.2, 0.25) is 0 Å². The first kappa shape index (κ1) is 15.0. The van der Waals surface area contributed by atoms with Crippen molar-refractivity contribution in [3.63, 3.8) is 0 Å². The summed E-state index contributed by atoms with van der Waals surface area (Å²) >= 11 is 0. The van der Waals surface area contributed by atoms with Crippen molar-refractivity contribution in [1.29, 1.82) is 0 Å². The summed E-state index contributed by atoms with van der Waals surface area (Å²) in [5, 5.41) is 0. The molecule has 1 fully saturated rings. The van der Waals surface area contributed by atoms with Crippen molar-refractivity contribution in [2.75, 3.05) is 26.3 Å². The Balaban J connectivity index is 1.64. The van der Waals surface area contributed by atoms with Gasteiger partial charge in [0.05, 0.1) is 13.2 Å². The van der Waals surface area contributed by atoms with Crippen LogP contribution in [0.25, 0.3) is 0 Å². The van der Waals surface area contributed by atoms with Crippen molar-refractivity contribution >= 4 is 0 Å². The number of hydrogen-bond acceptors (Lipinski definition) is 3. The number of rotatable bonds is 4. The predicted molar refractivity (Wildman–Crippen MR) is 83.4 cm³/mol. The fraction of sp³-hybridized carbons (Fsp3) is 0.333. The van der Waals surface area contributed by atoms with E-state index in [1.165, 1.54) is 6.07 Å². The van der Waals surface area contributed by atoms with Gasteiger partial charge < -0.3 is 9.47 Å². The molecule has 22 heavy (non-hydrogen) atoms. The summed E-state index contributed by atoms with van der Waals surface area (Å²) in [6.45, 7) is 3.28. The van der Waals surface area contributed by atoms with Crippen LogP contribution in [0, 0.1) is 5.82 Å². The van der Waals surface area contributed by atoms with E-state index < -0.39 is 0 Å². The molecular formula is C18H20FNO2. The highest BCUT2D eigenvalue weighted by Gasteiger charge is 2.21. The van der Waals surface area contributed by atoms with Gasteiger partial charge in [-0.25, -0.2) is 4.39 Å². The van der Waals surface area contributed by atoms with E-state index in [2.05, 4.69) is 4.90 Å². The van der Waals surface area contributed by atoms with Crippen LogP contribution in [0.5, 0.6) is 5.75 Å². The summed E-state index contributed by atoms with van der Waals surface area (Å²) in [6, 6.07) is 16.6. The second kappa shape index (κ2) is 7.38. The first-order chi connectivity index (χ1) is 10.8. The second-order valence-electron chi connectivity index (χ2n) is 5.45. The van der Waals surface area contributed by atoms with Gasteiger partial charge in [-0.05, 0) is 18.2 Å². The lowest BCUT2D eigenvalue weighted by atomic mass is 10.2.